The number of aliphatic hydroxyl groups excluding tert-OH is 5. The number of ether oxygens (including phenoxy) is 3. The van der Waals surface area contributed by atoms with Gasteiger partial charge in [-0.25, -0.2) is 0 Å². The van der Waals surface area contributed by atoms with E-state index in [0.29, 0.717) is 11.1 Å². The van der Waals surface area contributed by atoms with Crippen LogP contribution in [0.4, 0.5) is 0 Å². The molecule has 2 aromatic rings. The van der Waals surface area contributed by atoms with Crippen LogP contribution in [0.1, 0.15) is 86.6 Å². The Morgan fingerprint density at radius 1 is 0.978 bits per heavy atom. The fourth-order valence-corrected chi connectivity index (χ4v) is 6.49. The number of aliphatic hydroxyl groups is 5. The van der Waals surface area contributed by atoms with E-state index in [0.717, 1.165) is 32.1 Å². The molecule has 0 bridgehead atoms. The summed E-state index contributed by atoms with van der Waals surface area (Å²) in [4.78, 5) is 32.5. The van der Waals surface area contributed by atoms with Crippen molar-refractivity contribution in [3.8, 4) is 17.2 Å². The number of carbonyl (C=O) groups is 2. The van der Waals surface area contributed by atoms with Crippen LogP contribution in [0.5, 0.6) is 17.2 Å². The van der Waals surface area contributed by atoms with E-state index in [1.54, 1.807) is 6.07 Å². The van der Waals surface area contributed by atoms with Gasteiger partial charge in [0.2, 0.25) is 12.1 Å². The molecule has 9 N–H and O–H groups in total. The van der Waals surface area contributed by atoms with Gasteiger partial charge in [-0.05, 0) is 30.4 Å². The minimum absolute atomic E-state index is 0.00712. The molecule has 1 heterocycles. The number of nitrogens with one attached hydrogen (secondary N) is 1. The van der Waals surface area contributed by atoms with E-state index in [9.17, 15) is 40.2 Å². The molecule has 5 atom stereocenters. The normalized spacial score (nSPS) is 25.5. The number of ketones is 2. The number of benzene rings is 2. The van der Waals surface area contributed by atoms with Gasteiger partial charge in [-0.15, -0.1) is 0 Å². The van der Waals surface area contributed by atoms with Crippen LogP contribution >= 0.6 is 0 Å². The third kappa shape index (κ3) is 5.73. The predicted molar refractivity (Wildman–Crippen MR) is 158 cm³/mol. The van der Waals surface area contributed by atoms with Crippen molar-refractivity contribution in [3.05, 3.63) is 51.1 Å². The third-order valence-electron chi connectivity index (χ3n) is 8.93. The van der Waals surface area contributed by atoms with E-state index in [1.165, 1.54) is 20.2 Å². The molecule has 5 unspecified atom stereocenters. The number of phenols is 1. The highest BCUT2D eigenvalue weighted by Crippen LogP contribution is 2.47. The lowest BCUT2D eigenvalue weighted by Gasteiger charge is -2.40. The number of fused-ring (bicyclic) bond motifs is 2. The highest BCUT2D eigenvalue weighted by molar-refractivity contribution is 6.31. The maximum atomic E-state index is 14.3. The number of rotatable bonds is 8. The zero-order valence-corrected chi connectivity index (χ0v) is 25.0. The standard InChI is InChI=1S/C31H39N3O11/c1-33-31(32)34-10-16-14(13-6-4-3-5-7-13)8-15-22(25(16)38)27(40)23-19(9-18(43-2)17(11-35)21(23)24(15)37)44-30-29(42)28(41)26(39)20(12-36)45-30/h8-9,13,20,26,28-30,35-36,38-39,41-42H,3-7,10-12H2,1-2H3,(H3,32,33,34). The van der Waals surface area contributed by atoms with Gasteiger partial charge >= 0.3 is 0 Å². The Morgan fingerprint density at radius 3 is 2.31 bits per heavy atom. The molecule has 3 aliphatic rings. The topological polar surface area (TPSA) is 234 Å². The molecule has 2 aliphatic carbocycles. The molecule has 0 aromatic heterocycles. The van der Waals surface area contributed by atoms with Crippen LogP contribution in [0.25, 0.3) is 0 Å². The Hall–Kier alpha value is -3.79. The van der Waals surface area contributed by atoms with Gasteiger partial charge in [0.15, 0.2) is 11.7 Å². The number of aromatic hydroxyl groups is 1. The molecule has 1 aliphatic heterocycles. The van der Waals surface area contributed by atoms with Crippen LogP contribution in [0.15, 0.2) is 17.1 Å². The van der Waals surface area contributed by atoms with Gasteiger partial charge in [0.25, 0.3) is 0 Å². The second kappa shape index (κ2) is 13.3. The summed E-state index contributed by atoms with van der Waals surface area (Å²) in [5.41, 5.74) is 6.11. The summed E-state index contributed by atoms with van der Waals surface area (Å²) in [7, 11) is 2.79. The van der Waals surface area contributed by atoms with Gasteiger partial charge in [0.1, 0.15) is 41.7 Å². The van der Waals surface area contributed by atoms with E-state index in [1.807, 2.05) is 0 Å². The molecular weight excluding hydrogens is 590 g/mol. The predicted octanol–water partition coefficient (Wildman–Crippen LogP) is -0.0710. The molecule has 2 aromatic carbocycles. The number of methoxy groups -OCH3 is 1. The zero-order valence-electron chi connectivity index (χ0n) is 25.0. The SMILES string of the molecule is CN=C(N)NCc1c(C2CCCCC2)cc2c(c1O)C(=O)c1c(OC3OC(CO)C(O)C(O)C3O)cc(OC)c(CO)c1C2=O. The molecule has 14 heteroatoms. The average Bonchev–Trinajstić information content (AvgIpc) is 3.05. The number of aliphatic imine (C=N–C) groups is 1. The molecule has 1 saturated heterocycles. The summed E-state index contributed by atoms with van der Waals surface area (Å²) >= 11 is 0. The quantitative estimate of drug-likeness (QED) is 0.121. The molecule has 14 nitrogen and oxygen atoms in total. The molecule has 5 rings (SSSR count). The summed E-state index contributed by atoms with van der Waals surface area (Å²) in [5.74, 6) is -2.07. The number of carbonyl (C=O) groups excluding carboxylic acids is 2. The lowest BCUT2D eigenvalue weighted by atomic mass is 9.75. The fraction of sp³-hybridized carbons (Fsp3) is 0.516. The van der Waals surface area contributed by atoms with Crippen LogP contribution < -0.4 is 20.5 Å². The maximum Gasteiger partial charge on any atom is 0.229 e. The van der Waals surface area contributed by atoms with E-state index in [-0.39, 0.29) is 57.7 Å². The van der Waals surface area contributed by atoms with Gasteiger partial charge in [-0.2, -0.15) is 0 Å². The summed E-state index contributed by atoms with van der Waals surface area (Å²) in [6, 6.07) is 2.85. The Labute approximate surface area is 259 Å². The van der Waals surface area contributed by atoms with Crippen LogP contribution in [-0.4, -0.2) is 99.6 Å². The minimum Gasteiger partial charge on any atom is -0.507 e. The van der Waals surface area contributed by atoms with Crippen molar-refractivity contribution in [2.75, 3.05) is 20.8 Å². The number of phenolic OH excluding ortho intramolecular Hbond substituents is 1. The smallest absolute Gasteiger partial charge is 0.229 e. The zero-order chi connectivity index (χ0) is 32.6. The lowest BCUT2D eigenvalue weighted by molar-refractivity contribution is -0.277. The molecule has 0 amide bonds. The Balaban J connectivity index is 1.68. The lowest BCUT2D eigenvalue weighted by Crippen LogP contribution is -2.60. The number of nitrogens with two attached hydrogens (primary N) is 1. The minimum atomic E-state index is -1.82. The highest BCUT2D eigenvalue weighted by Gasteiger charge is 2.46. The number of hydrogen-bond acceptors (Lipinski definition) is 12. The van der Waals surface area contributed by atoms with Crippen LogP contribution in [0.2, 0.25) is 0 Å². The van der Waals surface area contributed by atoms with Gasteiger partial charge in [-0.3, -0.25) is 14.6 Å². The molecule has 45 heavy (non-hydrogen) atoms. The second-order valence-corrected chi connectivity index (χ2v) is 11.4. The van der Waals surface area contributed by atoms with Gasteiger partial charge < -0.3 is 55.9 Å². The largest absolute Gasteiger partial charge is 0.507 e. The van der Waals surface area contributed by atoms with Crippen molar-refractivity contribution in [3.63, 3.8) is 0 Å². The van der Waals surface area contributed by atoms with Crippen LogP contribution in [-0.2, 0) is 17.9 Å². The van der Waals surface area contributed by atoms with Crippen molar-refractivity contribution in [2.45, 2.75) is 81.9 Å². The summed E-state index contributed by atoms with van der Waals surface area (Å²) < 4.78 is 16.8. The summed E-state index contributed by atoms with van der Waals surface area (Å²) in [5, 5.41) is 65.7. The van der Waals surface area contributed by atoms with E-state index < -0.39 is 61.2 Å². The van der Waals surface area contributed by atoms with Crippen LogP contribution in [0, 0.1) is 0 Å². The fourth-order valence-electron chi connectivity index (χ4n) is 6.49. The first-order valence-electron chi connectivity index (χ1n) is 14.8. The maximum absolute atomic E-state index is 14.3. The van der Waals surface area contributed by atoms with Crippen molar-refractivity contribution in [2.24, 2.45) is 10.7 Å². The van der Waals surface area contributed by atoms with E-state index in [2.05, 4.69) is 10.3 Å². The Morgan fingerprint density at radius 2 is 1.69 bits per heavy atom. The van der Waals surface area contributed by atoms with Crippen LogP contribution in [0.3, 0.4) is 0 Å². The molecule has 0 spiro atoms. The molecule has 0 radical (unpaired) electrons. The number of nitrogens with zero attached hydrogens (tertiary/aromatic N) is 1. The Bertz CT molecular complexity index is 1500. The molecule has 2 fully saturated rings. The third-order valence-corrected chi connectivity index (χ3v) is 8.93. The number of guanidine groups is 1. The van der Waals surface area contributed by atoms with Gasteiger partial charge in [0, 0.05) is 41.9 Å². The van der Waals surface area contributed by atoms with Gasteiger partial charge in [-0.1, -0.05) is 19.3 Å². The first kappa shape index (κ1) is 32.6. The van der Waals surface area contributed by atoms with Gasteiger partial charge in [0.05, 0.1) is 31.5 Å². The first-order chi connectivity index (χ1) is 21.6. The summed E-state index contributed by atoms with van der Waals surface area (Å²) in [6.07, 6.45) is -3.60. The Kier molecular flexibility index (Phi) is 9.63. The molecular formula is C31H39N3O11. The van der Waals surface area contributed by atoms with E-state index in [4.69, 9.17) is 19.9 Å². The van der Waals surface area contributed by atoms with Crippen molar-refractivity contribution < 1.29 is 54.4 Å². The van der Waals surface area contributed by atoms with Crippen molar-refractivity contribution >= 4 is 17.5 Å². The molecule has 244 valence electrons. The van der Waals surface area contributed by atoms with Crippen molar-refractivity contribution in [1.82, 2.24) is 5.32 Å². The summed E-state index contributed by atoms with van der Waals surface area (Å²) in [6.45, 7) is -1.37. The van der Waals surface area contributed by atoms with Crippen molar-refractivity contribution in [1.29, 1.82) is 0 Å². The monoisotopic (exact) mass is 629 g/mol. The highest BCUT2D eigenvalue weighted by atomic mass is 16.7. The average molecular weight is 630 g/mol. The van der Waals surface area contributed by atoms with E-state index >= 15 is 0 Å². The number of hydrogen-bond donors (Lipinski definition) is 8. The molecule has 1 saturated carbocycles. The first-order valence-corrected chi connectivity index (χ1v) is 14.8. The second-order valence-electron chi connectivity index (χ2n) is 11.4.